The number of benzene rings is 1. The smallest absolute Gasteiger partial charge is 0.207 e. The van der Waals surface area contributed by atoms with Crippen LogP contribution in [0.15, 0.2) is 49.3 Å². The summed E-state index contributed by atoms with van der Waals surface area (Å²) in [5.41, 5.74) is 0.895. The van der Waals surface area contributed by atoms with E-state index in [9.17, 15) is 0 Å². The summed E-state index contributed by atoms with van der Waals surface area (Å²) >= 11 is 0. The van der Waals surface area contributed by atoms with Gasteiger partial charge in [0.2, 0.25) is 5.95 Å². The predicted octanol–water partition coefficient (Wildman–Crippen LogP) is 2.82. The molecule has 0 saturated carbocycles. The molecule has 1 heterocycles. The van der Waals surface area contributed by atoms with E-state index in [4.69, 9.17) is 4.74 Å². The third kappa shape index (κ3) is 2.47. The minimum atomic E-state index is 0.720. The molecule has 0 radical (unpaired) electrons. The van der Waals surface area contributed by atoms with Gasteiger partial charge in [0.25, 0.3) is 0 Å². The number of hydrogen-bond donors (Lipinski definition) is 1. The van der Waals surface area contributed by atoms with Crippen LogP contribution in [0.4, 0.5) is 11.6 Å². The quantitative estimate of drug-likeness (QED) is 0.801. The number of nitrogens with zero attached hydrogens (tertiary/aromatic N) is 2. The highest BCUT2D eigenvalue weighted by atomic mass is 16.5. The Morgan fingerprint density at radius 2 is 2.29 bits per heavy atom. The lowest BCUT2D eigenvalue weighted by atomic mass is 10.3. The summed E-state index contributed by atoms with van der Waals surface area (Å²) in [7, 11) is 1.65. The van der Waals surface area contributed by atoms with E-state index in [0.29, 0.717) is 0 Å². The van der Waals surface area contributed by atoms with Gasteiger partial charge in [-0.15, -0.1) is 6.58 Å². The van der Waals surface area contributed by atoms with Gasteiger partial charge in [-0.05, 0) is 12.1 Å². The predicted molar refractivity (Wildman–Crippen MR) is 68.7 cm³/mol. The molecule has 1 aromatic heterocycles. The van der Waals surface area contributed by atoms with Gasteiger partial charge in [0, 0.05) is 18.9 Å². The van der Waals surface area contributed by atoms with E-state index in [2.05, 4.69) is 16.9 Å². The molecule has 88 valence electrons. The number of allylic oxidation sites excluding steroid dienone is 1. The molecule has 0 amide bonds. The second-order valence-corrected chi connectivity index (χ2v) is 3.52. The Morgan fingerprint density at radius 1 is 1.47 bits per heavy atom. The zero-order valence-electron chi connectivity index (χ0n) is 9.76. The van der Waals surface area contributed by atoms with Gasteiger partial charge in [0.1, 0.15) is 5.75 Å². The van der Waals surface area contributed by atoms with Crippen molar-refractivity contribution >= 4 is 11.6 Å². The lowest BCUT2D eigenvalue weighted by molar-refractivity contribution is 0.416. The highest BCUT2D eigenvalue weighted by molar-refractivity contribution is 5.62. The Bertz CT molecular complexity index is 505. The average Bonchev–Trinajstić information content (AvgIpc) is 2.78. The first-order valence-corrected chi connectivity index (χ1v) is 5.37. The molecule has 0 aliphatic carbocycles. The molecule has 4 heteroatoms. The van der Waals surface area contributed by atoms with Crippen molar-refractivity contribution in [2.24, 2.45) is 0 Å². The van der Waals surface area contributed by atoms with Gasteiger partial charge < -0.3 is 14.6 Å². The van der Waals surface area contributed by atoms with E-state index in [0.717, 1.165) is 23.9 Å². The van der Waals surface area contributed by atoms with Crippen LogP contribution < -0.4 is 10.1 Å². The lowest BCUT2D eigenvalue weighted by Crippen LogP contribution is -2.02. The highest BCUT2D eigenvalue weighted by Gasteiger charge is 2.05. The Labute approximate surface area is 101 Å². The normalized spacial score (nSPS) is 9.94. The van der Waals surface area contributed by atoms with Gasteiger partial charge in [-0.25, -0.2) is 4.98 Å². The van der Waals surface area contributed by atoms with Gasteiger partial charge >= 0.3 is 0 Å². The Morgan fingerprint density at radius 3 is 3.06 bits per heavy atom. The number of para-hydroxylation sites is 2. The Kier molecular flexibility index (Phi) is 3.45. The molecular weight excluding hydrogens is 214 g/mol. The second-order valence-electron chi connectivity index (χ2n) is 3.52. The van der Waals surface area contributed by atoms with E-state index < -0.39 is 0 Å². The maximum atomic E-state index is 5.27. The second kappa shape index (κ2) is 5.21. The van der Waals surface area contributed by atoms with Crippen molar-refractivity contribution in [3.63, 3.8) is 0 Å². The fraction of sp³-hybridized carbons (Fsp3) is 0.154. The van der Waals surface area contributed by atoms with Crippen LogP contribution in [0.5, 0.6) is 5.75 Å². The monoisotopic (exact) mass is 229 g/mol. The van der Waals surface area contributed by atoms with Gasteiger partial charge in [-0.1, -0.05) is 18.2 Å². The van der Waals surface area contributed by atoms with Gasteiger partial charge in [-0.3, -0.25) is 0 Å². The number of anilines is 2. The van der Waals surface area contributed by atoms with E-state index in [1.165, 1.54) is 0 Å². The topological polar surface area (TPSA) is 39.1 Å². The van der Waals surface area contributed by atoms with Gasteiger partial charge in [-0.2, -0.15) is 0 Å². The number of imidazole rings is 1. The Hall–Kier alpha value is -2.23. The number of nitrogens with one attached hydrogen (secondary N) is 1. The molecule has 0 aliphatic heterocycles. The molecule has 0 aliphatic rings. The standard InChI is InChI=1S/C13H15N3O/c1-3-9-16-10-8-14-13(16)15-11-6-4-5-7-12(11)17-2/h3-8,10H,1,9H2,2H3,(H,14,15). The molecule has 0 spiro atoms. The van der Waals surface area contributed by atoms with Crippen LogP contribution in [0.2, 0.25) is 0 Å². The van der Waals surface area contributed by atoms with Crippen molar-refractivity contribution < 1.29 is 4.74 Å². The van der Waals surface area contributed by atoms with Crippen molar-refractivity contribution in [3.8, 4) is 5.75 Å². The van der Waals surface area contributed by atoms with Crippen LogP contribution >= 0.6 is 0 Å². The fourth-order valence-electron chi connectivity index (χ4n) is 1.59. The zero-order chi connectivity index (χ0) is 12.1. The van der Waals surface area contributed by atoms with Crippen molar-refractivity contribution in [3.05, 3.63) is 49.3 Å². The summed E-state index contributed by atoms with van der Waals surface area (Å²) in [6.45, 7) is 4.44. The third-order valence-corrected chi connectivity index (χ3v) is 2.39. The molecular formula is C13H15N3O. The first-order chi connectivity index (χ1) is 8.35. The van der Waals surface area contributed by atoms with Crippen molar-refractivity contribution in [1.82, 2.24) is 9.55 Å². The SMILES string of the molecule is C=CCn1ccnc1Nc1ccccc1OC. The minimum absolute atomic E-state index is 0.720. The number of rotatable bonds is 5. The number of methoxy groups -OCH3 is 1. The summed E-state index contributed by atoms with van der Waals surface area (Å²) in [4.78, 5) is 4.25. The zero-order valence-corrected chi connectivity index (χ0v) is 9.76. The van der Waals surface area contributed by atoms with Crippen LogP contribution in [0.25, 0.3) is 0 Å². The molecule has 0 atom stereocenters. The number of hydrogen-bond acceptors (Lipinski definition) is 3. The van der Waals surface area contributed by atoms with Crippen LogP contribution in [-0.2, 0) is 6.54 Å². The molecule has 2 aromatic rings. The van der Waals surface area contributed by atoms with E-state index in [1.54, 1.807) is 13.3 Å². The molecule has 0 saturated heterocycles. The molecule has 17 heavy (non-hydrogen) atoms. The van der Waals surface area contributed by atoms with Gasteiger partial charge in [0.15, 0.2) is 0 Å². The molecule has 4 nitrogen and oxygen atoms in total. The molecule has 2 rings (SSSR count). The van der Waals surface area contributed by atoms with E-state index in [1.807, 2.05) is 41.1 Å². The number of aromatic nitrogens is 2. The third-order valence-electron chi connectivity index (χ3n) is 2.39. The van der Waals surface area contributed by atoms with E-state index in [-0.39, 0.29) is 0 Å². The fourth-order valence-corrected chi connectivity index (χ4v) is 1.59. The van der Waals surface area contributed by atoms with Crippen LogP contribution in [0, 0.1) is 0 Å². The minimum Gasteiger partial charge on any atom is -0.495 e. The highest BCUT2D eigenvalue weighted by Crippen LogP contribution is 2.26. The van der Waals surface area contributed by atoms with Crippen LogP contribution in [0.3, 0.4) is 0 Å². The van der Waals surface area contributed by atoms with Crippen LogP contribution in [-0.4, -0.2) is 16.7 Å². The maximum absolute atomic E-state index is 5.27. The largest absolute Gasteiger partial charge is 0.495 e. The molecule has 0 unspecified atom stereocenters. The molecule has 0 bridgehead atoms. The van der Waals surface area contributed by atoms with Gasteiger partial charge in [0.05, 0.1) is 12.8 Å². The Balaban J connectivity index is 2.25. The summed E-state index contributed by atoms with van der Waals surface area (Å²) in [5, 5.41) is 3.24. The molecule has 1 N–H and O–H groups in total. The lowest BCUT2D eigenvalue weighted by Gasteiger charge is -2.11. The molecule has 1 aromatic carbocycles. The summed E-state index contributed by atoms with van der Waals surface area (Å²) in [5.74, 6) is 1.56. The summed E-state index contributed by atoms with van der Waals surface area (Å²) < 4.78 is 7.25. The summed E-state index contributed by atoms with van der Waals surface area (Å²) in [6.07, 6.45) is 5.48. The van der Waals surface area contributed by atoms with Crippen molar-refractivity contribution in [1.29, 1.82) is 0 Å². The van der Waals surface area contributed by atoms with E-state index >= 15 is 0 Å². The van der Waals surface area contributed by atoms with Crippen molar-refractivity contribution in [2.45, 2.75) is 6.54 Å². The first kappa shape index (κ1) is 11.3. The number of ether oxygens (including phenoxy) is 1. The van der Waals surface area contributed by atoms with Crippen molar-refractivity contribution in [2.75, 3.05) is 12.4 Å². The van der Waals surface area contributed by atoms with Crippen LogP contribution in [0.1, 0.15) is 0 Å². The summed E-state index contributed by atoms with van der Waals surface area (Å²) in [6, 6.07) is 7.74. The molecule has 0 fully saturated rings. The first-order valence-electron chi connectivity index (χ1n) is 5.37. The maximum Gasteiger partial charge on any atom is 0.207 e. The average molecular weight is 229 g/mol.